The van der Waals surface area contributed by atoms with Crippen LogP contribution in [0.25, 0.3) is 11.1 Å². The zero-order chi connectivity index (χ0) is 23.1. The highest BCUT2D eigenvalue weighted by atomic mass is 31.2. The molecular formula is C21H17F4O5P. The van der Waals surface area contributed by atoms with Crippen LogP contribution in [0.3, 0.4) is 0 Å². The molecule has 3 aromatic rings. The number of hydrogen-bond acceptors (Lipinski definition) is 3. The van der Waals surface area contributed by atoms with Crippen LogP contribution in [0, 0.1) is 37.1 Å². The zero-order valence-electron chi connectivity index (χ0n) is 16.5. The first-order valence-electron chi connectivity index (χ1n) is 8.81. The van der Waals surface area contributed by atoms with E-state index in [1.54, 1.807) is 0 Å². The van der Waals surface area contributed by atoms with Crippen molar-refractivity contribution in [2.75, 3.05) is 7.11 Å². The Balaban J connectivity index is 2.03. The predicted molar refractivity (Wildman–Crippen MR) is 106 cm³/mol. The molecule has 0 fully saturated rings. The summed E-state index contributed by atoms with van der Waals surface area (Å²) in [6.07, 6.45) is 0. The largest absolute Gasteiger partial charge is 0.494 e. The maximum Gasteiger partial charge on any atom is 0.356 e. The van der Waals surface area contributed by atoms with Crippen molar-refractivity contribution < 1.29 is 41.4 Å². The molecule has 0 aliphatic heterocycles. The Kier molecular flexibility index (Phi) is 6.14. The Hall–Kier alpha value is -2.87. The van der Waals surface area contributed by atoms with Crippen LogP contribution in [0.2, 0.25) is 0 Å². The Morgan fingerprint density at radius 1 is 0.774 bits per heavy atom. The molecule has 3 rings (SSSR count). The fraction of sp³-hybridized carbons (Fsp3) is 0.143. The third kappa shape index (κ3) is 4.30. The summed E-state index contributed by atoms with van der Waals surface area (Å²) < 4.78 is 79.2. The van der Waals surface area contributed by atoms with Crippen molar-refractivity contribution in [3.8, 4) is 28.4 Å². The van der Waals surface area contributed by atoms with Gasteiger partial charge in [-0.1, -0.05) is 0 Å². The van der Waals surface area contributed by atoms with E-state index in [0.717, 1.165) is 31.4 Å². The molecule has 3 aromatic carbocycles. The minimum Gasteiger partial charge on any atom is -0.494 e. The summed E-state index contributed by atoms with van der Waals surface area (Å²) in [6.45, 7) is 2.97. The van der Waals surface area contributed by atoms with Crippen molar-refractivity contribution in [3.63, 3.8) is 0 Å². The van der Waals surface area contributed by atoms with Crippen molar-refractivity contribution >= 4 is 12.9 Å². The third-order valence-corrected chi connectivity index (χ3v) is 5.53. The highest BCUT2D eigenvalue weighted by Gasteiger charge is 2.24. The first-order chi connectivity index (χ1) is 14.5. The number of benzene rings is 3. The number of ether oxygens (including phenoxy) is 2. The first-order valence-corrected chi connectivity index (χ1v) is 10.4. The van der Waals surface area contributed by atoms with Crippen molar-refractivity contribution in [1.82, 2.24) is 0 Å². The van der Waals surface area contributed by atoms with Crippen LogP contribution in [-0.4, -0.2) is 16.9 Å². The van der Waals surface area contributed by atoms with Gasteiger partial charge in [0.05, 0.1) is 12.4 Å². The van der Waals surface area contributed by atoms with Crippen LogP contribution in [0.15, 0.2) is 36.4 Å². The zero-order valence-corrected chi connectivity index (χ0v) is 17.4. The smallest absolute Gasteiger partial charge is 0.356 e. The van der Waals surface area contributed by atoms with Gasteiger partial charge in [0.25, 0.3) is 0 Å². The van der Waals surface area contributed by atoms with Gasteiger partial charge >= 0.3 is 7.60 Å². The average molecular weight is 456 g/mol. The van der Waals surface area contributed by atoms with Gasteiger partial charge in [0.1, 0.15) is 5.75 Å². The van der Waals surface area contributed by atoms with Gasteiger partial charge in [-0.25, -0.2) is 8.78 Å². The summed E-state index contributed by atoms with van der Waals surface area (Å²) in [4.78, 5) is 18.6. The summed E-state index contributed by atoms with van der Waals surface area (Å²) in [5, 5.41) is -0.242. The average Bonchev–Trinajstić information content (AvgIpc) is 2.69. The topological polar surface area (TPSA) is 76.0 Å². The number of rotatable bonds is 5. The maximum absolute atomic E-state index is 14.7. The standard InChI is InChI=1S/C21H17F4O5P/c1-10-8-12(31(26,27)28)9-11(2)21(10)30-16-7-5-14(18(23)20(16)25)13-4-6-15(29-3)19(24)17(13)22/h4-9H,1-3H3,(H2,26,27,28). The van der Waals surface area contributed by atoms with Crippen LogP contribution in [0.1, 0.15) is 11.1 Å². The molecule has 5 nitrogen and oxygen atoms in total. The molecule has 0 saturated heterocycles. The van der Waals surface area contributed by atoms with Crippen molar-refractivity contribution in [3.05, 3.63) is 70.8 Å². The number of halogens is 4. The van der Waals surface area contributed by atoms with Gasteiger partial charge in [-0.05, 0) is 61.4 Å². The molecule has 0 bridgehead atoms. The lowest BCUT2D eigenvalue weighted by Gasteiger charge is -2.16. The molecule has 10 heteroatoms. The second kappa shape index (κ2) is 8.34. The van der Waals surface area contributed by atoms with E-state index in [-0.39, 0.29) is 27.9 Å². The SMILES string of the molecule is COc1ccc(-c2ccc(Oc3c(C)cc(P(=O)(O)O)cc3C)c(F)c2F)c(F)c1F. The van der Waals surface area contributed by atoms with E-state index in [1.807, 2.05) is 0 Å². The number of aryl methyl sites for hydroxylation is 2. The molecule has 0 aliphatic rings. The summed E-state index contributed by atoms with van der Waals surface area (Å²) in [6, 6.07) is 6.59. The van der Waals surface area contributed by atoms with E-state index in [1.165, 1.54) is 26.0 Å². The summed E-state index contributed by atoms with van der Waals surface area (Å²) in [5.41, 5.74) is -0.454. The molecular weight excluding hydrogens is 439 g/mol. The summed E-state index contributed by atoms with van der Waals surface area (Å²) >= 11 is 0. The maximum atomic E-state index is 14.7. The van der Waals surface area contributed by atoms with Gasteiger partial charge in [-0.3, -0.25) is 4.57 Å². The van der Waals surface area contributed by atoms with E-state index in [0.29, 0.717) is 0 Å². The van der Waals surface area contributed by atoms with Crippen LogP contribution < -0.4 is 14.8 Å². The van der Waals surface area contributed by atoms with E-state index in [4.69, 9.17) is 4.74 Å². The van der Waals surface area contributed by atoms with Gasteiger partial charge in [-0.15, -0.1) is 0 Å². The van der Waals surface area contributed by atoms with Crippen LogP contribution in [0.4, 0.5) is 17.6 Å². The Morgan fingerprint density at radius 3 is 1.68 bits per heavy atom. The van der Waals surface area contributed by atoms with Gasteiger partial charge in [0.2, 0.25) is 11.6 Å². The molecule has 164 valence electrons. The lowest BCUT2D eigenvalue weighted by molar-refractivity contribution is 0.372. The number of hydrogen-bond donors (Lipinski definition) is 2. The van der Waals surface area contributed by atoms with Gasteiger partial charge in [0.15, 0.2) is 23.1 Å². The lowest BCUT2D eigenvalue weighted by Crippen LogP contribution is -2.07. The van der Waals surface area contributed by atoms with E-state index in [2.05, 4.69) is 4.74 Å². The second-order valence-corrected chi connectivity index (χ2v) is 8.34. The van der Waals surface area contributed by atoms with Crippen LogP contribution in [-0.2, 0) is 4.57 Å². The molecule has 0 atom stereocenters. The van der Waals surface area contributed by atoms with Gasteiger partial charge in [-0.2, -0.15) is 8.78 Å². The quantitative estimate of drug-likeness (QED) is 0.411. The lowest BCUT2D eigenvalue weighted by atomic mass is 10.0. The first kappa shape index (κ1) is 22.8. The molecule has 0 aromatic heterocycles. The van der Waals surface area contributed by atoms with Gasteiger partial charge in [0, 0.05) is 11.1 Å². The fourth-order valence-electron chi connectivity index (χ4n) is 3.08. The summed E-state index contributed by atoms with van der Waals surface area (Å²) in [7, 11) is -3.37. The Bertz CT molecular complexity index is 1200. The normalized spacial score (nSPS) is 11.5. The Morgan fingerprint density at radius 2 is 1.23 bits per heavy atom. The molecule has 2 N–H and O–H groups in total. The third-order valence-electron chi connectivity index (χ3n) is 4.60. The van der Waals surface area contributed by atoms with Crippen molar-refractivity contribution in [1.29, 1.82) is 0 Å². The molecule has 0 saturated carbocycles. The molecule has 0 radical (unpaired) electrons. The fourth-order valence-corrected chi connectivity index (χ4v) is 3.81. The molecule has 0 unspecified atom stereocenters. The van der Waals surface area contributed by atoms with Crippen molar-refractivity contribution in [2.24, 2.45) is 0 Å². The highest BCUT2D eigenvalue weighted by molar-refractivity contribution is 7.60. The van der Waals surface area contributed by atoms with E-state index in [9.17, 15) is 31.9 Å². The molecule has 0 amide bonds. The number of methoxy groups -OCH3 is 1. The minimum absolute atomic E-state index is 0.0740. The minimum atomic E-state index is -4.51. The van der Waals surface area contributed by atoms with Crippen molar-refractivity contribution in [2.45, 2.75) is 13.8 Å². The Labute approximate surface area is 175 Å². The summed E-state index contributed by atoms with van der Waals surface area (Å²) in [5.74, 6) is -6.47. The molecule has 0 heterocycles. The van der Waals surface area contributed by atoms with E-state index < -0.39 is 47.7 Å². The van der Waals surface area contributed by atoms with Gasteiger partial charge < -0.3 is 19.3 Å². The molecule has 0 spiro atoms. The molecule has 31 heavy (non-hydrogen) atoms. The highest BCUT2D eigenvalue weighted by Crippen LogP contribution is 2.39. The van der Waals surface area contributed by atoms with Crippen LogP contribution >= 0.6 is 7.60 Å². The molecule has 0 aliphatic carbocycles. The second-order valence-electron chi connectivity index (χ2n) is 6.74. The van der Waals surface area contributed by atoms with Crippen LogP contribution in [0.5, 0.6) is 17.2 Å². The van der Waals surface area contributed by atoms with E-state index >= 15 is 0 Å². The predicted octanol–water partition coefficient (Wildman–Crippen LogP) is 5.13. The monoisotopic (exact) mass is 456 g/mol.